The molecule has 1 aromatic carbocycles. The van der Waals surface area contributed by atoms with Crippen molar-refractivity contribution in [3.63, 3.8) is 0 Å². The summed E-state index contributed by atoms with van der Waals surface area (Å²) < 4.78 is 5.35. The lowest BCUT2D eigenvalue weighted by atomic mass is 10.1. The monoisotopic (exact) mass is 245 g/mol. The van der Waals surface area contributed by atoms with Gasteiger partial charge in [-0.1, -0.05) is 13.3 Å². The minimum Gasteiger partial charge on any atom is -0.496 e. The highest BCUT2D eigenvalue weighted by Crippen LogP contribution is 2.33. The summed E-state index contributed by atoms with van der Waals surface area (Å²) in [5, 5.41) is 5.26. The first-order valence-corrected chi connectivity index (χ1v) is 6.23. The molecule has 3 N–H and O–H groups in total. The summed E-state index contributed by atoms with van der Waals surface area (Å²) in [5.41, 5.74) is 6.77. The van der Waals surface area contributed by atoms with Gasteiger partial charge < -0.3 is 15.8 Å². The number of ether oxygens (including phenoxy) is 1. The molecular formula is C14H19N3O. The summed E-state index contributed by atoms with van der Waals surface area (Å²) in [6, 6.07) is 5.66. The second-order valence-corrected chi connectivity index (χ2v) is 4.22. The Hall–Kier alpha value is -1.97. The van der Waals surface area contributed by atoms with Crippen LogP contribution >= 0.6 is 0 Å². The van der Waals surface area contributed by atoms with Gasteiger partial charge in [0.2, 0.25) is 0 Å². The number of pyridine rings is 1. The van der Waals surface area contributed by atoms with E-state index in [9.17, 15) is 0 Å². The number of fused-ring (bicyclic) bond motifs is 1. The van der Waals surface area contributed by atoms with Crippen LogP contribution < -0.4 is 15.8 Å². The summed E-state index contributed by atoms with van der Waals surface area (Å²) in [6.45, 7) is 3.06. The zero-order valence-corrected chi connectivity index (χ0v) is 10.9. The molecule has 0 saturated carbocycles. The van der Waals surface area contributed by atoms with Gasteiger partial charge in [-0.25, -0.2) is 4.98 Å². The maximum absolute atomic E-state index is 6.05. The summed E-state index contributed by atoms with van der Waals surface area (Å²) in [5.74, 6) is 1.65. The molecule has 0 aliphatic carbocycles. The number of nitrogens with one attached hydrogen (secondary N) is 1. The van der Waals surface area contributed by atoms with Crippen molar-refractivity contribution < 1.29 is 4.74 Å². The third kappa shape index (κ3) is 2.32. The summed E-state index contributed by atoms with van der Waals surface area (Å²) in [7, 11) is 1.66. The molecule has 1 aromatic heterocycles. The SMILES string of the molecule is CCCCNc1nccc2c(OC)ccc(N)c12. The standard InChI is InChI=1S/C14H19N3O/c1-3-4-8-16-14-13-10(7-9-17-14)12(18-2)6-5-11(13)15/h5-7,9H,3-4,8,15H2,1-2H3,(H,16,17). The maximum Gasteiger partial charge on any atom is 0.136 e. The van der Waals surface area contributed by atoms with Crippen molar-refractivity contribution in [3.05, 3.63) is 24.4 Å². The van der Waals surface area contributed by atoms with Crippen molar-refractivity contribution in [1.29, 1.82) is 0 Å². The van der Waals surface area contributed by atoms with Gasteiger partial charge in [-0.05, 0) is 24.6 Å². The zero-order valence-electron chi connectivity index (χ0n) is 10.9. The van der Waals surface area contributed by atoms with Crippen LogP contribution in [0.2, 0.25) is 0 Å². The van der Waals surface area contributed by atoms with Crippen LogP contribution in [-0.2, 0) is 0 Å². The second-order valence-electron chi connectivity index (χ2n) is 4.22. The molecule has 0 aliphatic heterocycles. The molecule has 0 amide bonds. The fourth-order valence-corrected chi connectivity index (χ4v) is 1.99. The third-order valence-electron chi connectivity index (χ3n) is 2.96. The quantitative estimate of drug-likeness (QED) is 0.628. The van der Waals surface area contributed by atoms with E-state index < -0.39 is 0 Å². The molecule has 0 fully saturated rings. The zero-order chi connectivity index (χ0) is 13.0. The maximum atomic E-state index is 6.05. The predicted molar refractivity (Wildman–Crippen MR) is 76.1 cm³/mol. The molecule has 2 aromatic rings. The van der Waals surface area contributed by atoms with E-state index in [0.29, 0.717) is 0 Å². The number of methoxy groups -OCH3 is 1. The van der Waals surface area contributed by atoms with Crippen LogP contribution in [0.3, 0.4) is 0 Å². The molecule has 2 rings (SSSR count). The number of benzene rings is 1. The van der Waals surface area contributed by atoms with Crippen LogP contribution in [0.1, 0.15) is 19.8 Å². The first kappa shape index (κ1) is 12.5. The van der Waals surface area contributed by atoms with Crippen molar-refractivity contribution >= 4 is 22.3 Å². The van der Waals surface area contributed by atoms with E-state index in [0.717, 1.165) is 47.4 Å². The molecule has 0 radical (unpaired) electrons. The molecule has 4 nitrogen and oxygen atoms in total. The van der Waals surface area contributed by atoms with Crippen molar-refractivity contribution in [2.45, 2.75) is 19.8 Å². The topological polar surface area (TPSA) is 60.2 Å². The molecule has 0 bridgehead atoms. The van der Waals surface area contributed by atoms with E-state index >= 15 is 0 Å². The Morgan fingerprint density at radius 2 is 2.17 bits per heavy atom. The highest BCUT2D eigenvalue weighted by atomic mass is 16.5. The van der Waals surface area contributed by atoms with Crippen LogP contribution in [0.4, 0.5) is 11.5 Å². The van der Waals surface area contributed by atoms with Crippen molar-refractivity contribution in [2.75, 3.05) is 24.7 Å². The average molecular weight is 245 g/mol. The minimum absolute atomic E-state index is 0.720. The Balaban J connectivity index is 2.47. The molecule has 4 heteroatoms. The Kier molecular flexibility index (Phi) is 3.87. The number of nitrogens with zero attached hydrogens (tertiary/aromatic N) is 1. The number of hydrogen-bond acceptors (Lipinski definition) is 4. The number of aromatic nitrogens is 1. The van der Waals surface area contributed by atoms with Gasteiger partial charge in [0.15, 0.2) is 0 Å². The summed E-state index contributed by atoms with van der Waals surface area (Å²) >= 11 is 0. The van der Waals surface area contributed by atoms with Gasteiger partial charge >= 0.3 is 0 Å². The largest absolute Gasteiger partial charge is 0.496 e. The Morgan fingerprint density at radius 1 is 1.33 bits per heavy atom. The van der Waals surface area contributed by atoms with E-state index in [1.807, 2.05) is 18.2 Å². The van der Waals surface area contributed by atoms with Crippen LogP contribution in [0.5, 0.6) is 5.75 Å². The number of anilines is 2. The van der Waals surface area contributed by atoms with Gasteiger partial charge in [0.25, 0.3) is 0 Å². The lowest BCUT2D eigenvalue weighted by Crippen LogP contribution is -2.04. The highest BCUT2D eigenvalue weighted by molar-refractivity contribution is 6.03. The molecule has 18 heavy (non-hydrogen) atoms. The number of nitrogen functional groups attached to an aromatic ring is 1. The molecule has 96 valence electrons. The van der Waals surface area contributed by atoms with Gasteiger partial charge in [-0.15, -0.1) is 0 Å². The first-order valence-electron chi connectivity index (χ1n) is 6.23. The third-order valence-corrected chi connectivity index (χ3v) is 2.96. The lowest BCUT2D eigenvalue weighted by molar-refractivity contribution is 0.420. The van der Waals surface area contributed by atoms with E-state index in [1.165, 1.54) is 0 Å². The Morgan fingerprint density at radius 3 is 2.89 bits per heavy atom. The number of rotatable bonds is 5. The molecule has 0 aliphatic rings. The van der Waals surface area contributed by atoms with Gasteiger partial charge in [-0.2, -0.15) is 0 Å². The molecule has 0 unspecified atom stereocenters. The normalized spacial score (nSPS) is 10.6. The predicted octanol–water partition coefficient (Wildman–Crippen LogP) is 3.04. The van der Waals surface area contributed by atoms with Crippen LogP contribution in [0.15, 0.2) is 24.4 Å². The molecule has 1 heterocycles. The van der Waals surface area contributed by atoms with Gasteiger partial charge in [-0.3, -0.25) is 0 Å². The van der Waals surface area contributed by atoms with Gasteiger partial charge in [0.05, 0.1) is 12.5 Å². The van der Waals surface area contributed by atoms with Crippen LogP contribution in [0, 0.1) is 0 Å². The van der Waals surface area contributed by atoms with Gasteiger partial charge in [0, 0.05) is 23.8 Å². The van der Waals surface area contributed by atoms with Crippen LogP contribution in [0.25, 0.3) is 10.8 Å². The second kappa shape index (κ2) is 5.58. The van der Waals surface area contributed by atoms with Crippen molar-refractivity contribution in [1.82, 2.24) is 4.98 Å². The van der Waals surface area contributed by atoms with E-state index in [2.05, 4.69) is 17.2 Å². The summed E-state index contributed by atoms with van der Waals surface area (Å²) in [4.78, 5) is 4.37. The van der Waals surface area contributed by atoms with E-state index in [1.54, 1.807) is 13.3 Å². The molecule has 0 atom stereocenters. The summed E-state index contributed by atoms with van der Waals surface area (Å²) in [6.07, 6.45) is 4.04. The first-order chi connectivity index (χ1) is 8.77. The number of nitrogens with two attached hydrogens (primary N) is 1. The molecule has 0 spiro atoms. The highest BCUT2D eigenvalue weighted by Gasteiger charge is 2.09. The van der Waals surface area contributed by atoms with Crippen LogP contribution in [-0.4, -0.2) is 18.6 Å². The average Bonchev–Trinajstić information content (AvgIpc) is 2.39. The Labute approximate surface area is 107 Å². The molecule has 0 saturated heterocycles. The van der Waals surface area contributed by atoms with E-state index in [4.69, 9.17) is 10.5 Å². The lowest BCUT2D eigenvalue weighted by Gasteiger charge is -2.12. The van der Waals surface area contributed by atoms with Gasteiger partial charge in [0.1, 0.15) is 11.6 Å². The number of hydrogen-bond donors (Lipinski definition) is 2. The number of unbranched alkanes of at least 4 members (excludes halogenated alkanes) is 1. The smallest absolute Gasteiger partial charge is 0.136 e. The van der Waals surface area contributed by atoms with Crippen molar-refractivity contribution in [3.8, 4) is 5.75 Å². The fraction of sp³-hybridized carbons (Fsp3) is 0.357. The Bertz CT molecular complexity index is 540. The van der Waals surface area contributed by atoms with Crippen molar-refractivity contribution in [2.24, 2.45) is 0 Å². The molecular weight excluding hydrogens is 226 g/mol. The minimum atomic E-state index is 0.720. The van der Waals surface area contributed by atoms with E-state index in [-0.39, 0.29) is 0 Å². The fourth-order valence-electron chi connectivity index (χ4n) is 1.99.